The fourth-order valence-electron chi connectivity index (χ4n) is 3.93. The minimum absolute atomic E-state index is 0.0699. The fourth-order valence-corrected chi connectivity index (χ4v) is 4.33. The zero-order chi connectivity index (χ0) is 21.1. The average molecular weight is 426 g/mol. The zero-order valence-corrected chi connectivity index (χ0v) is 18.5. The molecule has 0 saturated carbocycles. The first kappa shape index (κ1) is 20.7. The fraction of sp³-hybridized carbons (Fsp3) is 0.455. The van der Waals surface area contributed by atoms with Crippen LogP contribution in [-0.2, 0) is 17.8 Å². The molecule has 4 rings (SSSR count). The standard InChI is InChI=1S/C22H27N5O2S/c1-4-18-19-20(24-14(2)25-22(19)29-26-18)27-11-5-6-16(13-27)21(28)23-12-15-7-9-17(30-3)10-8-15/h7-10,16H,4-6,11-13H2,1-3H3,(H,23,28)/t16-/m0/s1. The van der Waals surface area contributed by atoms with Crippen LogP contribution < -0.4 is 10.2 Å². The first-order valence-electron chi connectivity index (χ1n) is 10.4. The lowest BCUT2D eigenvalue weighted by Crippen LogP contribution is -2.43. The Morgan fingerprint density at radius 3 is 2.83 bits per heavy atom. The van der Waals surface area contributed by atoms with Gasteiger partial charge in [0, 0.05) is 24.5 Å². The topological polar surface area (TPSA) is 84.2 Å². The molecule has 8 heteroatoms. The maximum atomic E-state index is 12.9. The third-order valence-electron chi connectivity index (χ3n) is 5.55. The summed E-state index contributed by atoms with van der Waals surface area (Å²) < 4.78 is 5.42. The number of benzene rings is 1. The van der Waals surface area contributed by atoms with E-state index in [4.69, 9.17) is 9.51 Å². The van der Waals surface area contributed by atoms with Gasteiger partial charge in [0.2, 0.25) is 5.91 Å². The highest BCUT2D eigenvalue weighted by molar-refractivity contribution is 7.98. The van der Waals surface area contributed by atoms with Crippen molar-refractivity contribution in [2.75, 3.05) is 24.2 Å². The number of aryl methyl sites for hydroxylation is 2. The molecule has 0 spiro atoms. The Morgan fingerprint density at radius 1 is 1.30 bits per heavy atom. The molecule has 1 amide bonds. The molecule has 1 saturated heterocycles. The van der Waals surface area contributed by atoms with E-state index in [1.807, 2.05) is 13.8 Å². The molecule has 1 aliphatic heterocycles. The lowest BCUT2D eigenvalue weighted by Gasteiger charge is -2.33. The van der Waals surface area contributed by atoms with Crippen LogP contribution in [0.1, 0.15) is 36.8 Å². The molecule has 0 aliphatic carbocycles. The van der Waals surface area contributed by atoms with Gasteiger partial charge in [-0.15, -0.1) is 11.8 Å². The molecule has 0 unspecified atom stereocenters. The Bertz CT molecular complexity index is 1030. The molecule has 1 atom stereocenters. The monoisotopic (exact) mass is 425 g/mol. The van der Waals surface area contributed by atoms with Crippen molar-refractivity contribution in [1.29, 1.82) is 0 Å². The van der Waals surface area contributed by atoms with Crippen molar-refractivity contribution in [2.24, 2.45) is 5.92 Å². The van der Waals surface area contributed by atoms with Crippen molar-refractivity contribution in [3.8, 4) is 0 Å². The third kappa shape index (κ3) is 4.28. The Morgan fingerprint density at radius 2 is 2.10 bits per heavy atom. The van der Waals surface area contributed by atoms with E-state index >= 15 is 0 Å². The van der Waals surface area contributed by atoms with Crippen LogP contribution in [0.15, 0.2) is 33.7 Å². The molecular formula is C22H27N5O2S. The van der Waals surface area contributed by atoms with Crippen molar-refractivity contribution < 1.29 is 9.32 Å². The summed E-state index contributed by atoms with van der Waals surface area (Å²) in [4.78, 5) is 25.4. The molecular weight excluding hydrogens is 398 g/mol. The molecule has 3 heterocycles. The summed E-state index contributed by atoms with van der Waals surface area (Å²) >= 11 is 1.71. The van der Waals surface area contributed by atoms with Crippen LogP contribution in [0.25, 0.3) is 11.1 Å². The Hall–Kier alpha value is -2.61. The second kappa shape index (κ2) is 9.04. The number of hydrogen-bond donors (Lipinski definition) is 1. The lowest BCUT2D eigenvalue weighted by atomic mass is 9.96. The Balaban J connectivity index is 1.47. The van der Waals surface area contributed by atoms with Crippen molar-refractivity contribution >= 4 is 34.6 Å². The molecule has 7 nitrogen and oxygen atoms in total. The summed E-state index contributed by atoms with van der Waals surface area (Å²) in [6.07, 6.45) is 4.63. The molecule has 158 valence electrons. The van der Waals surface area contributed by atoms with E-state index in [9.17, 15) is 4.79 Å². The Labute approximate surface area is 180 Å². The van der Waals surface area contributed by atoms with Gasteiger partial charge < -0.3 is 14.7 Å². The number of thioether (sulfide) groups is 1. The molecule has 1 aromatic carbocycles. The van der Waals surface area contributed by atoms with E-state index in [1.54, 1.807) is 11.8 Å². The highest BCUT2D eigenvalue weighted by Gasteiger charge is 2.29. The van der Waals surface area contributed by atoms with Gasteiger partial charge in [0.15, 0.2) is 0 Å². The minimum atomic E-state index is -0.0699. The predicted molar refractivity (Wildman–Crippen MR) is 119 cm³/mol. The quantitative estimate of drug-likeness (QED) is 0.602. The average Bonchev–Trinajstić information content (AvgIpc) is 3.20. The van der Waals surface area contributed by atoms with Gasteiger partial charge in [-0.25, -0.2) is 4.98 Å². The maximum Gasteiger partial charge on any atom is 0.263 e. The number of carbonyl (C=O) groups is 1. The van der Waals surface area contributed by atoms with Crippen LogP contribution >= 0.6 is 11.8 Å². The second-order valence-electron chi connectivity index (χ2n) is 7.61. The van der Waals surface area contributed by atoms with Crippen LogP contribution in [0.4, 0.5) is 5.82 Å². The molecule has 2 aromatic heterocycles. The number of nitrogens with zero attached hydrogens (tertiary/aromatic N) is 4. The van der Waals surface area contributed by atoms with Gasteiger partial charge >= 0.3 is 0 Å². The minimum Gasteiger partial charge on any atom is -0.355 e. The number of carbonyl (C=O) groups excluding carboxylic acids is 1. The molecule has 0 bridgehead atoms. The van der Waals surface area contributed by atoms with Gasteiger partial charge in [-0.3, -0.25) is 4.79 Å². The smallest absolute Gasteiger partial charge is 0.263 e. The van der Waals surface area contributed by atoms with Gasteiger partial charge in [-0.1, -0.05) is 24.2 Å². The molecule has 1 N–H and O–H groups in total. The third-order valence-corrected chi connectivity index (χ3v) is 6.30. The summed E-state index contributed by atoms with van der Waals surface area (Å²) in [5, 5.41) is 8.14. The van der Waals surface area contributed by atoms with Gasteiger partial charge in [0.1, 0.15) is 17.0 Å². The first-order valence-corrected chi connectivity index (χ1v) is 11.6. The van der Waals surface area contributed by atoms with Crippen molar-refractivity contribution in [1.82, 2.24) is 20.4 Å². The Kier molecular flexibility index (Phi) is 6.22. The lowest BCUT2D eigenvalue weighted by molar-refractivity contribution is -0.125. The zero-order valence-electron chi connectivity index (χ0n) is 17.6. The number of fused-ring (bicyclic) bond motifs is 1. The number of aromatic nitrogens is 3. The van der Waals surface area contributed by atoms with Crippen LogP contribution in [0.2, 0.25) is 0 Å². The molecule has 1 fully saturated rings. The van der Waals surface area contributed by atoms with E-state index in [0.717, 1.165) is 48.3 Å². The largest absolute Gasteiger partial charge is 0.355 e. The summed E-state index contributed by atoms with van der Waals surface area (Å²) in [5.74, 6) is 1.51. The predicted octanol–water partition coefficient (Wildman–Crippen LogP) is 3.74. The van der Waals surface area contributed by atoms with E-state index in [0.29, 0.717) is 24.6 Å². The van der Waals surface area contributed by atoms with Gasteiger partial charge in [0.25, 0.3) is 5.71 Å². The highest BCUT2D eigenvalue weighted by Crippen LogP contribution is 2.31. The van der Waals surface area contributed by atoms with Crippen LogP contribution in [0.5, 0.6) is 0 Å². The van der Waals surface area contributed by atoms with Gasteiger partial charge in [-0.05, 0) is 50.1 Å². The van der Waals surface area contributed by atoms with E-state index < -0.39 is 0 Å². The molecule has 30 heavy (non-hydrogen) atoms. The van der Waals surface area contributed by atoms with Crippen LogP contribution in [-0.4, -0.2) is 40.4 Å². The number of hydrogen-bond acceptors (Lipinski definition) is 7. The summed E-state index contributed by atoms with van der Waals surface area (Å²) in [7, 11) is 0. The SMILES string of the molecule is CCc1noc2nc(C)nc(N3CCC[C@H](C(=O)NCc4ccc(SC)cc4)C3)c12. The summed E-state index contributed by atoms with van der Waals surface area (Å²) in [5.41, 5.74) is 2.49. The number of anilines is 1. The number of nitrogens with one attached hydrogen (secondary N) is 1. The van der Waals surface area contributed by atoms with Crippen LogP contribution in [0, 0.1) is 12.8 Å². The van der Waals surface area contributed by atoms with E-state index in [1.165, 1.54) is 4.90 Å². The van der Waals surface area contributed by atoms with Crippen molar-refractivity contribution in [2.45, 2.75) is 44.6 Å². The molecule has 1 aliphatic rings. The molecule has 3 aromatic rings. The number of piperidine rings is 1. The number of amides is 1. The molecule has 0 radical (unpaired) electrons. The van der Waals surface area contributed by atoms with Crippen molar-refractivity contribution in [3.63, 3.8) is 0 Å². The first-order chi connectivity index (χ1) is 14.6. The second-order valence-corrected chi connectivity index (χ2v) is 8.49. The summed E-state index contributed by atoms with van der Waals surface area (Å²) in [6.45, 7) is 5.94. The van der Waals surface area contributed by atoms with Crippen LogP contribution in [0.3, 0.4) is 0 Å². The maximum absolute atomic E-state index is 12.9. The van der Waals surface area contributed by atoms with E-state index in [2.05, 4.69) is 50.9 Å². The van der Waals surface area contributed by atoms with E-state index in [-0.39, 0.29) is 11.8 Å². The van der Waals surface area contributed by atoms with Gasteiger partial charge in [-0.2, -0.15) is 4.98 Å². The van der Waals surface area contributed by atoms with Crippen molar-refractivity contribution in [3.05, 3.63) is 41.3 Å². The normalized spacial score (nSPS) is 16.8. The highest BCUT2D eigenvalue weighted by atomic mass is 32.2. The van der Waals surface area contributed by atoms with Gasteiger partial charge in [0.05, 0.1) is 11.6 Å². The summed E-state index contributed by atoms with van der Waals surface area (Å²) in [6, 6.07) is 8.30. The number of rotatable bonds is 6.